The standard InChI is InChI=1S/C20H20N2O2.C18H14N2O2/c1-20(2,3)17-14-22(19(23)24-17)18-12-11-16(13-21-18)10-9-15-7-5-4-6-8-15;21-17-20(13-18(22-17)10-11-18)16-9-8-15(12-19-16)7-6-14-4-2-1-3-5-14/h4-8,11-13,17H,14H2,1-3H3;1-5,8-9,12H,10-11,13H2. The number of aromatic nitrogens is 2. The van der Waals surface area contributed by atoms with Crippen LogP contribution in [0.25, 0.3) is 0 Å². The minimum absolute atomic E-state index is 0.0918. The fraction of sp³-hybridized carbons (Fsp3) is 0.263. The van der Waals surface area contributed by atoms with Crippen molar-refractivity contribution in [3.63, 3.8) is 0 Å². The quantitative estimate of drug-likeness (QED) is 0.232. The highest BCUT2D eigenvalue weighted by Gasteiger charge is 2.55. The van der Waals surface area contributed by atoms with Crippen molar-refractivity contribution in [2.45, 2.75) is 45.3 Å². The number of benzene rings is 2. The average Bonchev–Trinajstić information content (AvgIpc) is 3.57. The highest BCUT2D eigenvalue weighted by molar-refractivity contribution is 5.90. The van der Waals surface area contributed by atoms with Gasteiger partial charge in [-0.05, 0) is 61.4 Å². The molecule has 0 radical (unpaired) electrons. The predicted octanol–water partition coefficient (Wildman–Crippen LogP) is 6.82. The van der Waals surface area contributed by atoms with Crippen molar-refractivity contribution < 1.29 is 19.1 Å². The monoisotopic (exact) mass is 610 g/mol. The van der Waals surface area contributed by atoms with E-state index in [4.69, 9.17) is 9.47 Å². The predicted molar refractivity (Wildman–Crippen MR) is 176 cm³/mol. The maximum atomic E-state index is 12.1. The van der Waals surface area contributed by atoms with E-state index in [1.807, 2.05) is 78.9 Å². The molecular weight excluding hydrogens is 576 g/mol. The number of ether oxygens (including phenoxy) is 2. The van der Waals surface area contributed by atoms with Crippen LogP contribution in [0.5, 0.6) is 0 Å². The SMILES string of the molecule is CC(C)(C)C1CN(c2ccc(C#Cc3ccccc3)cn2)C(=O)O1.O=C1OC2(CC2)CN1c1ccc(C#Cc2ccccc2)cn1. The van der Waals surface area contributed by atoms with Crippen LogP contribution in [0.2, 0.25) is 0 Å². The number of rotatable bonds is 2. The first-order valence-electron chi connectivity index (χ1n) is 15.2. The van der Waals surface area contributed by atoms with Crippen molar-refractivity contribution in [3.05, 3.63) is 120 Å². The number of carbonyl (C=O) groups is 2. The third-order valence-electron chi connectivity index (χ3n) is 7.85. The lowest BCUT2D eigenvalue weighted by Gasteiger charge is -2.24. The summed E-state index contributed by atoms with van der Waals surface area (Å²) in [5.41, 5.74) is 3.22. The second-order valence-corrected chi connectivity index (χ2v) is 12.5. The third-order valence-corrected chi connectivity index (χ3v) is 7.85. The van der Waals surface area contributed by atoms with E-state index in [-0.39, 0.29) is 29.3 Å². The fourth-order valence-electron chi connectivity index (χ4n) is 4.87. The molecule has 8 nitrogen and oxygen atoms in total. The van der Waals surface area contributed by atoms with Crippen LogP contribution in [0, 0.1) is 29.1 Å². The van der Waals surface area contributed by atoms with Gasteiger partial charge in [-0.3, -0.25) is 9.80 Å². The molecule has 4 aromatic rings. The molecule has 2 aromatic heterocycles. The van der Waals surface area contributed by atoms with Gasteiger partial charge in [0.15, 0.2) is 0 Å². The summed E-state index contributed by atoms with van der Waals surface area (Å²) >= 11 is 0. The van der Waals surface area contributed by atoms with E-state index in [9.17, 15) is 9.59 Å². The van der Waals surface area contributed by atoms with Crippen molar-refractivity contribution in [2.24, 2.45) is 5.41 Å². The molecule has 4 heterocycles. The maximum Gasteiger partial charge on any atom is 0.416 e. The zero-order valence-electron chi connectivity index (χ0n) is 26.1. The number of anilines is 2. The molecule has 1 spiro atoms. The molecule has 2 aliphatic heterocycles. The van der Waals surface area contributed by atoms with Crippen molar-refractivity contribution in [1.29, 1.82) is 0 Å². The highest BCUT2D eigenvalue weighted by Crippen LogP contribution is 2.45. The van der Waals surface area contributed by atoms with Crippen molar-refractivity contribution in [2.75, 3.05) is 22.9 Å². The molecule has 2 aromatic carbocycles. The van der Waals surface area contributed by atoms with E-state index < -0.39 is 0 Å². The van der Waals surface area contributed by atoms with Crippen LogP contribution >= 0.6 is 0 Å². The first-order valence-corrected chi connectivity index (χ1v) is 15.2. The van der Waals surface area contributed by atoms with E-state index in [0.717, 1.165) is 35.1 Å². The highest BCUT2D eigenvalue weighted by atomic mass is 16.6. The number of nitrogens with zero attached hydrogens (tertiary/aromatic N) is 4. The molecule has 1 unspecified atom stereocenters. The second kappa shape index (κ2) is 12.8. The lowest BCUT2D eigenvalue weighted by Crippen LogP contribution is -2.31. The van der Waals surface area contributed by atoms with E-state index >= 15 is 0 Å². The van der Waals surface area contributed by atoms with Gasteiger partial charge in [0.2, 0.25) is 0 Å². The lowest BCUT2D eigenvalue weighted by atomic mass is 9.89. The summed E-state index contributed by atoms with van der Waals surface area (Å²) in [5.74, 6) is 13.5. The molecule has 1 aliphatic carbocycles. The van der Waals surface area contributed by atoms with Gasteiger partial charge < -0.3 is 9.47 Å². The first-order chi connectivity index (χ1) is 22.2. The summed E-state index contributed by atoms with van der Waals surface area (Å²) in [6, 6.07) is 27.0. The Morgan fingerprint density at radius 2 is 1.17 bits per heavy atom. The van der Waals surface area contributed by atoms with E-state index in [1.54, 1.807) is 28.3 Å². The molecule has 46 heavy (non-hydrogen) atoms. The van der Waals surface area contributed by atoms with Crippen LogP contribution in [0.1, 0.15) is 55.9 Å². The maximum absolute atomic E-state index is 12.1. The summed E-state index contributed by atoms with van der Waals surface area (Å²) in [6.07, 6.45) is 4.51. The normalized spacial score (nSPS) is 17.5. The van der Waals surface area contributed by atoms with Gasteiger partial charge in [-0.25, -0.2) is 19.6 Å². The van der Waals surface area contributed by atoms with E-state index in [2.05, 4.69) is 54.4 Å². The Morgan fingerprint density at radius 1 is 0.674 bits per heavy atom. The zero-order valence-corrected chi connectivity index (χ0v) is 26.1. The molecule has 0 N–H and O–H groups in total. The Bertz CT molecular complexity index is 1820. The summed E-state index contributed by atoms with van der Waals surface area (Å²) in [4.78, 5) is 35.8. The van der Waals surface area contributed by atoms with Crippen LogP contribution in [-0.4, -0.2) is 46.9 Å². The van der Waals surface area contributed by atoms with Crippen LogP contribution in [0.15, 0.2) is 97.3 Å². The van der Waals surface area contributed by atoms with Crippen LogP contribution in [0.3, 0.4) is 0 Å². The molecule has 3 aliphatic rings. The van der Waals surface area contributed by atoms with Gasteiger partial charge in [0.25, 0.3) is 0 Å². The van der Waals surface area contributed by atoms with Crippen LogP contribution < -0.4 is 9.80 Å². The van der Waals surface area contributed by atoms with Crippen molar-refractivity contribution in [3.8, 4) is 23.7 Å². The topological polar surface area (TPSA) is 84.9 Å². The molecule has 1 saturated carbocycles. The van der Waals surface area contributed by atoms with Gasteiger partial charge in [-0.1, -0.05) is 80.9 Å². The second-order valence-electron chi connectivity index (χ2n) is 12.5. The van der Waals surface area contributed by atoms with Gasteiger partial charge in [-0.15, -0.1) is 0 Å². The summed E-state index contributed by atoms with van der Waals surface area (Å²) in [7, 11) is 0. The van der Waals surface area contributed by atoms with Crippen LogP contribution in [0.4, 0.5) is 21.2 Å². The van der Waals surface area contributed by atoms with Gasteiger partial charge in [0.05, 0.1) is 13.1 Å². The number of hydrogen-bond donors (Lipinski definition) is 0. The Hall–Kier alpha value is -5.60. The third kappa shape index (κ3) is 7.36. The Morgan fingerprint density at radius 3 is 1.59 bits per heavy atom. The number of pyridine rings is 2. The van der Waals surface area contributed by atoms with Crippen molar-refractivity contribution in [1.82, 2.24) is 9.97 Å². The molecule has 2 saturated heterocycles. The number of cyclic esters (lactones) is 1. The van der Waals surface area contributed by atoms with Gasteiger partial charge in [0, 0.05) is 40.1 Å². The Kier molecular flexibility index (Phi) is 8.46. The van der Waals surface area contributed by atoms with Gasteiger partial charge in [0.1, 0.15) is 23.3 Å². The molecular formula is C38H34N4O4. The van der Waals surface area contributed by atoms with E-state index in [1.165, 1.54) is 0 Å². The van der Waals surface area contributed by atoms with Crippen molar-refractivity contribution >= 4 is 23.8 Å². The fourth-order valence-corrected chi connectivity index (χ4v) is 4.87. The summed E-state index contributed by atoms with van der Waals surface area (Å²) in [5, 5.41) is 0. The minimum atomic E-state index is -0.342. The molecule has 1 atom stereocenters. The minimum Gasteiger partial charge on any atom is -0.443 e. The molecule has 3 fully saturated rings. The smallest absolute Gasteiger partial charge is 0.416 e. The molecule has 7 rings (SSSR count). The zero-order chi connectivity index (χ0) is 32.1. The summed E-state index contributed by atoms with van der Waals surface area (Å²) < 4.78 is 10.8. The largest absolute Gasteiger partial charge is 0.443 e. The Labute approximate surface area is 269 Å². The molecule has 2 amide bonds. The number of hydrogen-bond acceptors (Lipinski definition) is 6. The summed E-state index contributed by atoms with van der Waals surface area (Å²) in [6.45, 7) is 7.30. The Balaban J connectivity index is 0.000000162. The van der Waals surface area contributed by atoms with Crippen LogP contribution in [-0.2, 0) is 9.47 Å². The molecule has 230 valence electrons. The lowest BCUT2D eigenvalue weighted by molar-refractivity contribution is 0.0728. The van der Waals surface area contributed by atoms with E-state index in [0.29, 0.717) is 24.7 Å². The molecule has 0 bridgehead atoms. The number of amides is 2. The van der Waals surface area contributed by atoms with Gasteiger partial charge >= 0.3 is 12.2 Å². The average molecular weight is 611 g/mol. The number of carbonyl (C=O) groups excluding carboxylic acids is 2. The molecule has 8 heteroatoms. The van der Waals surface area contributed by atoms with Gasteiger partial charge in [-0.2, -0.15) is 0 Å². The first kappa shape index (κ1) is 30.4.